The van der Waals surface area contributed by atoms with Gasteiger partial charge in [-0.25, -0.2) is 4.98 Å². The molecule has 0 unspecified atom stereocenters. The number of benzene rings is 1. The molecule has 162 valence electrons. The van der Waals surface area contributed by atoms with Gasteiger partial charge in [0, 0.05) is 50.9 Å². The van der Waals surface area contributed by atoms with Gasteiger partial charge in [-0.2, -0.15) is 0 Å². The summed E-state index contributed by atoms with van der Waals surface area (Å²) in [5, 5.41) is 5.47. The molecule has 0 atom stereocenters. The first kappa shape index (κ1) is 23.5. The van der Waals surface area contributed by atoms with Gasteiger partial charge in [-0.3, -0.25) is 9.59 Å². The van der Waals surface area contributed by atoms with Crippen molar-refractivity contribution in [2.24, 2.45) is 0 Å². The quantitative estimate of drug-likeness (QED) is 0.412. The van der Waals surface area contributed by atoms with Crippen LogP contribution in [0.3, 0.4) is 0 Å². The number of amides is 2. The van der Waals surface area contributed by atoms with Gasteiger partial charge in [0.05, 0.1) is 0 Å². The van der Waals surface area contributed by atoms with E-state index in [0.717, 1.165) is 12.0 Å². The van der Waals surface area contributed by atoms with Gasteiger partial charge in [-0.15, -0.1) is 0 Å². The Morgan fingerprint density at radius 2 is 1.73 bits per heavy atom. The number of carbonyl (C=O) groups is 2. The average molecular weight is 414 g/mol. The highest BCUT2D eigenvalue weighted by Gasteiger charge is 2.14. The first-order chi connectivity index (χ1) is 14.6. The van der Waals surface area contributed by atoms with Crippen molar-refractivity contribution in [3.05, 3.63) is 65.0 Å². The van der Waals surface area contributed by atoms with Crippen LogP contribution in [0.4, 0.5) is 0 Å². The fraction of sp³-hybridized carbons (Fsp3) is 0.435. The van der Waals surface area contributed by atoms with Gasteiger partial charge in [-0.1, -0.05) is 30.3 Å². The third kappa shape index (κ3) is 7.57. The lowest BCUT2D eigenvalue weighted by Gasteiger charge is -2.16. The fourth-order valence-corrected chi connectivity index (χ4v) is 3.02. The van der Waals surface area contributed by atoms with E-state index in [1.54, 1.807) is 13.1 Å². The SMILES string of the molecule is CCOC(CCCNC(=O)c1cc(Cc2ccccc2)nc(C(=O)NC)c1)OCC. The molecule has 2 aromatic rings. The highest BCUT2D eigenvalue weighted by atomic mass is 16.7. The minimum absolute atomic E-state index is 0.226. The van der Waals surface area contributed by atoms with Crippen molar-refractivity contribution in [3.63, 3.8) is 0 Å². The summed E-state index contributed by atoms with van der Waals surface area (Å²) in [5.41, 5.74) is 2.37. The number of nitrogens with zero attached hydrogens (tertiary/aromatic N) is 1. The van der Waals surface area contributed by atoms with E-state index in [0.29, 0.717) is 43.9 Å². The van der Waals surface area contributed by atoms with Crippen molar-refractivity contribution in [2.45, 2.75) is 39.4 Å². The average Bonchev–Trinajstić information content (AvgIpc) is 2.76. The molecule has 0 radical (unpaired) electrons. The van der Waals surface area contributed by atoms with Gasteiger partial charge in [-0.05, 0) is 38.0 Å². The first-order valence-corrected chi connectivity index (χ1v) is 10.4. The van der Waals surface area contributed by atoms with Crippen molar-refractivity contribution in [1.29, 1.82) is 0 Å². The Hall–Kier alpha value is -2.77. The summed E-state index contributed by atoms with van der Waals surface area (Å²) in [6, 6.07) is 13.1. The molecule has 2 N–H and O–H groups in total. The molecular formula is C23H31N3O4. The molecule has 7 nitrogen and oxygen atoms in total. The number of pyridine rings is 1. The van der Waals surface area contributed by atoms with Crippen molar-refractivity contribution in [1.82, 2.24) is 15.6 Å². The molecule has 2 amide bonds. The molecule has 0 saturated heterocycles. The van der Waals surface area contributed by atoms with E-state index in [2.05, 4.69) is 15.6 Å². The third-order valence-corrected chi connectivity index (χ3v) is 4.44. The molecule has 2 rings (SSSR count). The summed E-state index contributed by atoms with van der Waals surface area (Å²) in [7, 11) is 1.54. The molecule has 0 fully saturated rings. The second-order valence-corrected chi connectivity index (χ2v) is 6.71. The van der Waals surface area contributed by atoms with Gasteiger partial charge >= 0.3 is 0 Å². The number of hydrogen-bond donors (Lipinski definition) is 2. The standard InChI is InChI=1S/C23H31N3O4/c1-4-29-21(30-5-2)12-9-13-25-22(27)18-15-19(14-17-10-7-6-8-11-17)26-20(16-18)23(28)24-3/h6-8,10-11,15-16,21H,4-5,9,12-14H2,1-3H3,(H,24,28)(H,25,27). The molecule has 1 aromatic heterocycles. The Kier molecular flexibility index (Phi) is 9.97. The van der Waals surface area contributed by atoms with Gasteiger partial charge in [0.1, 0.15) is 5.69 Å². The van der Waals surface area contributed by atoms with Gasteiger partial charge in [0.25, 0.3) is 11.8 Å². The largest absolute Gasteiger partial charge is 0.354 e. The number of rotatable bonds is 12. The Balaban J connectivity index is 2.04. The molecule has 0 bridgehead atoms. The second-order valence-electron chi connectivity index (χ2n) is 6.71. The fourth-order valence-electron chi connectivity index (χ4n) is 3.02. The zero-order valence-corrected chi connectivity index (χ0v) is 17.9. The molecule has 1 heterocycles. The van der Waals surface area contributed by atoms with E-state index < -0.39 is 0 Å². The molecule has 0 saturated carbocycles. The maximum absolute atomic E-state index is 12.7. The Bertz CT molecular complexity index is 805. The van der Waals surface area contributed by atoms with Crippen LogP contribution in [0.5, 0.6) is 0 Å². The number of hydrogen-bond acceptors (Lipinski definition) is 5. The predicted molar refractivity (Wildman–Crippen MR) is 115 cm³/mol. The Labute approximate surface area is 178 Å². The summed E-state index contributed by atoms with van der Waals surface area (Å²) < 4.78 is 11.0. The topological polar surface area (TPSA) is 89.5 Å². The number of nitrogens with one attached hydrogen (secondary N) is 2. The summed E-state index contributed by atoms with van der Waals surface area (Å²) >= 11 is 0. The van der Waals surface area contributed by atoms with Crippen LogP contribution in [-0.2, 0) is 15.9 Å². The highest BCUT2D eigenvalue weighted by Crippen LogP contribution is 2.12. The van der Waals surface area contributed by atoms with Crippen LogP contribution in [0.1, 0.15) is 58.8 Å². The van der Waals surface area contributed by atoms with E-state index in [1.165, 1.54) is 6.07 Å². The number of aromatic nitrogens is 1. The first-order valence-electron chi connectivity index (χ1n) is 10.4. The molecule has 1 aromatic carbocycles. The zero-order valence-electron chi connectivity index (χ0n) is 17.9. The smallest absolute Gasteiger partial charge is 0.269 e. The van der Waals surface area contributed by atoms with Gasteiger partial charge in [0.2, 0.25) is 0 Å². The van der Waals surface area contributed by atoms with Crippen LogP contribution in [0.2, 0.25) is 0 Å². The Morgan fingerprint density at radius 1 is 1.03 bits per heavy atom. The highest BCUT2D eigenvalue weighted by molar-refractivity contribution is 5.98. The number of ether oxygens (including phenoxy) is 2. The predicted octanol–water partition coefficient (Wildman–Crippen LogP) is 2.94. The molecule has 30 heavy (non-hydrogen) atoms. The van der Waals surface area contributed by atoms with Crippen molar-refractivity contribution in [3.8, 4) is 0 Å². The van der Waals surface area contributed by atoms with E-state index in [-0.39, 0.29) is 23.8 Å². The lowest BCUT2D eigenvalue weighted by Crippen LogP contribution is -2.27. The van der Waals surface area contributed by atoms with Crippen LogP contribution in [0.25, 0.3) is 0 Å². The zero-order chi connectivity index (χ0) is 21.8. The summed E-state index contributed by atoms with van der Waals surface area (Å²) in [4.78, 5) is 29.2. The molecular weight excluding hydrogens is 382 g/mol. The molecule has 7 heteroatoms. The Morgan fingerprint density at radius 3 is 2.37 bits per heavy atom. The van der Waals surface area contributed by atoms with E-state index >= 15 is 0 Å². The summed E-state index contributed by atoms with van der Waals surface area (Å²) in [6.45, 7) is 5.50. The summed E-state index contributed by atoms with van der Waals surface area (Å²) in [5.74, 6) is -0.559. The van der Waals surface area contributed by atoms with Crippen LogP contribution in [0, 0.1) is 0 Å². The van der Waals surface area contributed by atoms with Gasteiger partial charge < -0.3 is 20.1 Å². The number of carbonyl (C=O) groups excluding carboxylic acids is 2. The monoisotopic (exact) mass is 413 g/mol. The normalized spacial score (nSPS) is 10.8. The van der Waals surface area contributed by atoms with Crippen LogP contribution >= 0.6 is 0 Å². The van der Waals surface area contributed by atoms with Crippen molar-refractivity contribution >= 4 is 11.8 Å². The maximum Gasteiger partial charge on any atom is 0.269 e. The molecule has 0 aliphatic rings. The third-order valence-electron chi connectivity index (χ3n) is 4.44. The van der Waals surface area contributed by atoms with Crippen molar-refractivity contribution < 1.29 is 19.1 Å². The van der Waals surface area contributed by atoms with Gasteiger partial charge in [0.15, 0.2) is 6.29 Å². The van der Waals surface area contributed by atoms with E-state index in [1.807, 2.05) is 44.2 Å². The lowest BCUT2D eigenvalue weighted by atomic mass is 10.1. The van der Waals surface area contributed by atoms with E-state index in [9.17, 15) is 9.59 Å². The van der Waals surface area contributed by atoms with Crippen LogP contribution < -0.4 is 10.6 Å². The van der Waals surface area contributed by atoms with E-state index in [4.69, 9.17) is 9.47 Å². The minimum Gasteiger partial charge on any atom is -0.354 e. The second kappa shape index (κ2) is 12.7. The van der Waals surface area contributed by atoms with Crippen molar-refractivity contribution in [2.75, 3.05) is 26.8 Å². The lowest BCUT2D eigenvalue weighted by molar-refractivity contribution is -0.139. The molecule has 0 aliphatic heterocycles. The summed E-state index contributed by atoms with van der Waals surface area (Å²) in [6.07, 6.45) is 1.70. The molecule has 0 aliphatic carbocycles. The maximum atomic E-state index is 12.7. The molecule has 0 spiro atoms. The van der Waals surface area contributed by atoms with Crippen LogP contribution in [-0.4, -0.2) is 49.9 Å². The minimum atomic E-state index is -0.324. The van der Waals surface area contributed by atoms with Crippen LogP contribution in [0.15, 0.2) is 42.5 Å².